The molecule has 0 spiro atoms. The van der Waals surface area contributed by atoms with E-state index in [9.17, 15) is 19.3 Å². The molecule has 0 atom stereocenters. The number of hydrogen-bond acceptors (Lipinski definition) is 4. The van der Waals surface area contributed by atoms with Gasteiger partial charge in [0.1, 0.15) is 5.82 Å². The third-order valence-electron chi connectivity index (χ3n) is 3.06. The number of benzene rings is 2. The normalized spacial score (nSPS) is 10.2. The highest BCUT2D eigenvalue weighted by Gasteiger charge is 2.16. The maximum atomic E-state index is 13.4. The number of nitrogens with zero attached hydrogens (tertiary/aromatic N) is 1. The van der Waals surface area contributed by atoms with Gasteiger partial charge in [0.2, 0.25) is 0 Å². The summed E-state index contributed by atoms with van der Waals surface area (Å²) in [6.45, 7) is 1.76. The zero-order valence-electron chi connectivity index (χ0n) is 11.4. The molecule has 0 amide bonds. The Kier molecular flexibility index (Phi) is 3.98. The van der Waals surface area contributed by atoms with Gasteiger partial charge in [0.15, 0.2) is 0 Å². The van der Waals surface area contributed by atoms with Crippen LogP contribution in [-0.2, 0) is 4.74 Å². The van der Waals surface area contributed by atoms with Crippen molar-refractivity contribution in [2.75, 3.05) is 7.11 Å². The van der Waals surface area contributed by atoms with Crippen LogP contribution in [0.25, 0.3) is 11.1 Å². The van der Waals surface area contributed by atoms with Gasteiger partial charge < -0.3 is 4.74 Å². The smallest absolute Gasteiger partial charge is 0.338 e. The molecule has 108 valence electrons. The Balaban J connectivity index is 2.67. The predicted molar refractivity (Wildman–Crippen MR) is 74.6 cm³/mol. The fourth-order valence-corrected chi connectivity index (χ4v) is 2.01. The number of ether oxygens (including phenoxy) is 1. The molecule has 2 rings (SSSR count). The molecule has 0 saturated heterocycles. The molecule has 2 aromatic rings. The SMILES string of the molecule is COC(=O)c1cc(-c2cc(F)ccc2C)cc([N+](=O)[O-])c1. The lowest BCUT2D eigenvalue weighted by Crippen LogP contribution is -2.03. The van der Waals surface area contributed by atoms with Crippen molar-refractivity contribution in [1.29, 1.82) is 0 Å². The summed E-state index contributed by atoms with van der Waals surface area (Å²) in [6, 6.07) is 8.02. The first-order valence-corrected chi connectivity index (χ1v) is 6.06. The number of rotatable bonds is 3. The van der Waals surface area contributed by atoms with Gasteiger partial charge in [-0.05, 0) is 41.8 Å². The van der Waals surface area contributed by atoms with E-state index in [2.05, 4.69) is 4.74 Å². The molecule has 0 aliphatic carbocycles. The first kappa shape index (κ1) is 14.6. The summed E-state index contributed by atoms with van der Waals surface area (Å²) in [5.74, 6) is -1.14. The highest BCUT2D eigenvalue weighted by Crippen LogP contribution is 2.29. The van der Waals surface area contributed by atoms with E-state index < -0.39 is 16.7 Å². The van der Waals surface area contributed by atoms with Crippen molar-refractivity contribution in [1.82, 2.24) is 0 Å². The minimum absolute atomic E-state index is 0.0466. The number of carbonyl (C=O) groups is 1. The minimum atomic E-state index is -0.686. The minimum Gasteiger partial charge on any atom is -0.465 e. The average Bonchev–Trinajstić information content (AvgIpc) is 2.48. The summed E-state index contributed by atoms with van der Waals surface area (Å²) in [6.07, 6.45) is 0. The lowest BCUT2D eigenvalue weighted by Gasteiger charge is -2.08. The second-order valence-corrected chi connectivity index (χ2v) is 4.48. The molecule has 0 aliphatic rings. The van der Waals surface area contributed by atoms with Crippen molar-refractivity contribution in [3.05, 3.63) is 63.5 Å². The molecule has 5 nitrogen and oxygen atoms in total. The van der Waals surface area contributed by atoms with E-state index in [1.54, 1.807) is 13.0 Å². The molecule has 21 heavy (non-hydrogen) atoms. The number of nitro benzene ring substituents is 1. The molecule has 0 aliphatic heterocycles. The lowest BCUT2D eigenvalue weighted by atomic mass is 9.98. The molecular formula is C15H12FNO4. The quantitative estimate of drug-likeness (QED) is 0.492. The van der Waals surface area contributed by atoms with Gasteiger partial charge in [-0.1, -0.05) is 6.07 Å². The van der Waals surface area contributed by atoms with E-state index in [0.29, 0.717) is 11.1 Å². The molecule has 2 aromatic carbocycles. The third kappa shape index (κ3) is 3.05. The van der Waals surface area contributed by atoms with Gasteiger partial charge in [0.25, 0.3) is 5.69 Å². The number of carbonyl (C=O) groups excluding carboxylic acids is 1. The summed E-state index contributed by atoms with van der Waals surface area (Å²) >= 11 is 0. The van der Waals surface area contributed by atoms with Gasteiger partial charge in [-0.3, -0.25) is 10.1 Å². The van der Waals surface area contributed by atoms with Gasteiger partial charge in [-0.2, -0.15) is 0 Å². The van der Waals surface area contributed by atoms with Gasteiger partial charge in [-0.25, -0.2) is 9.18 Å². The van der Waals surface area contributed by atoms with E-state index in [4.69, 9.17) is 0 Å². The fraction of sp³-hybridized carbons (Fsp3) is 0.133. The topological polar surface area (TPSA) is 69.4 Å². The van der Waals surface area contributed by atoms with Crippen LogP contribution >= 0.6 is 0 Å². The maximum absolute atomic E-state index is 13.4. The van der Waals surface area contributed by atoms with Crippen LogP contribution in [0.15, 0.2) is 36.4 Å². The van der Waals surface area contributed by atoms with E-state index in [1.807, 2.05) is 0 Å². The Bertz CT molecular complexity index is 728. The Morgan fingerprint density at radius 1 is 1.24 bits per heavy atom. The third-order valence-corrected chi connectivity index (χ3v) is 3.06. The number of aryl methyl sites for hydroxylation is 1. The molecule has 0 N–H and O–H groups in total. The fourth-order valence-electron chi connectivity index (χ4n) is 2.01. The molecule has 0 aromatic heterocycles. The van der Waals surface area contributed by atoms with Crippen molar-refractivity contribution in [3.8, 4) is 11.1 Å². The second-order valence-electron chi connectivity index (χ2n) is 4.48. The van der Waals surface area contributed by atoms with Crippen LogP contribution in [0, 0.1) is 22.9 Å². The molecular weight excluding hydrogens is 277 g/mol. The standard InChI is InChI=1S/C15H12FNO4/c1-9-3-4-12(16)8-14(9)10-5-11(15(18)21-2)7-13(6-10)17(19)20/h3-8H,1-2H3. The molecule has 6 heteroatoms. The van der Waals surface area contributed by atoms with Crippen LogP contribution in [-0.4, -0.2) is 18.0 Å². The average molecular weight is 289 g/mol. The number of non-ortho nitro benzene ring substituents is 1. The van der Waals surface area contributed by atoms with E-state index in [-0.39, 0.29) is 11.3 Å². The van der Waals surface area contributed by atoms with Crippen molar-refractivity contribution in [3.63, 3.8) is 0 Å². The summed E-state index contributed by atoms with van der Waals surface area (Å²) < 4.78 is 18.0. The van der Waals surface area contributed by atoms with Crippen LogP contribution in [0.5, 0.6) is 0 Å². The van der Waals surface area contributed by atoms with Crippen LogP contribution in [0.2, 0.25) is 0 Å². The van der Waals surface area contributed by atoms with Crippen molar-refractivity contribution in [2.45, 2.75) is 6.92 Å². The number of halogens is 1. The first-order chi connectivity index (χ1) is 9.92. The number of esters is 1. The van der Waals surface area contributed by atoms with Crippen LogP contribution in [0.1, 0.15) is 15.9 Å². The monoisotopic (exact) mass is 289 g/mol. The first-order valence-electron chi connectivity index (χ1n) is 6.06. The second kappa shape index (κ2) is 5.70. The van der Waals surface area contributed by atoms with Crippen LogP contribution in [0.3, 0.4) is 0 Å². The predicted octanol–water partition coefficient (Wildman–Crippen LogP) is 3.50. The largest absolute Gasteiger partial charge is 0.465 e. The van der Waals surface area contributed by atoms with Gasteiger partial charge in [-0.15, -0.1) is 0 Å². The molecule has 0 heterocycles. The van der Waals surface area contributed by atoms with Crippen molar-refractivity contribution >= 4 is 11.7 Å². The zero-order chi connectivity index (χ0) is 15.6. The molecule has 0 saturated carbocycles. The van der Waals surface area contributed by atoms with E-state index in [1.165, 1.54) is 31.4 Å². The molecule has 0 unspecified atom stereocenters. The summed E-state index contributed by atoms with van der Waals surface area (Å²) in [5.41, 5.74) is 1.42. The Labute approximate surface area is 120 Å². The summed E-state index contributed by atoms with van der Waals surface area (Å²) in [4.78, 5) is 22.0. The molecule has 0 fully saturated rings. The number of hydrogen-bond donors (Lipinski definition) is 0. The molecule has 0 radical (unpaired) electrons. The van der Waals surface area contributed by atoms with Crippen molar-refractivity contribution < 1.29 is 18.8 Å². The van der Waals surface area contributed by atoms with Crippen LogP contribution in [0.4, 0.5) is 10.1 Å². The number of nitro groups is 1. The van der Waals surface area contributed by atoms with Crippen molar-refractivity contribution in [2.24, 2.45) is 0 Å². The van der Waals surface area contributed by atoms with Crippen LogP contribution < -0.4 is 0 Å². The van der Waals surface area contributed by atoms with Gasteiger partial charge >= 0.3 is 5.97 Å². The number of methoxy groups -OCH3 is 1. The molecule has 0 bridgehead atoms. The lowest BCUT2D eigenvalue weighted by molar-refractivity contribution is -0.384. The van der Waals surface area contributed by atoms with Gasteiger partial charge in [0, 0.05) is 12.1 Å². The van der Waals surface area contributed by atoms with E-state index in [0.717, 1.165) is 11.6 Å². The summed E-state index contributed by atoms with van der Waals surface area (Å²) in [7, 11) is 1.19. The Hall–Kier alpha value is -2.76. The Morgan fingerprint density at radius 2 is 1.95 bits per heavy atom. The van der Waals surface area contributed by atoms with Gasteiger partial charge in [0.05, 0.1) is 17.6 Å². The summed E-state index contributed by atoms with van der Waals surface area (Å²) in [5, 5.41) is 11.0. The highest BCUT2D eigenvalue weighted by atomic mass is 19.1. The zero-order valence-corrected chi connectivity index (χ0v) is 11.4. The Morgan fingerprint density at radius 3 is 2.57 bits per heavy atom. The maximum Gasteiger partial charge on any atom is 0.338 e. The van der Waals surface area contributed by atoms with E-state index >= 15 is 0 Å². The highest BCUT2D eigenvalue weighted by molar-refractivity contribution is 5.92.